The average molecular weight is 517 g/mol. The van der Waals surface area contributed by atoms with Gasteiger partial charge in [-0.1, -0.05) is 19.1 Å². The molecule has 11 nitrogen and oxygen atoms in total. The van der Waals surface area contributed by atoms with Crippen LogP contribution in [0.5, 0.6) is 5.75 Å². The summed E-state index contributed by atoms with van der Waals surface area (Å²) in [5.41, 5.74) is 4.70. The molecule has 0 aromatic heterocycles. The first kappa shape index (κ1) is 27.9. The summed E-state index contributed by atoms with van der Waals surface area (Å²) in [6.07, 6.45) is -1.22. The molecule has 1 aromatic rings. The molecule has 6 N–H and O–H groups in total. The van der Waals surface area contributed by atoms with Crippen molar-refractivity contribution in [2.75, 3.05) is 14.1 Å². The van der Waals surface area contributed by atoms with Crippen molar-refractivity contribution in [2.45, 2.75) is 56.8 Å². The molecule has 37 heavy (non-hydrogen) atoms. The number of likely N-dealkylation sites (N-methyl/N-ethyl adjacent to an activating group) is 1. The summed E-state index contributed by atoms with van der Waals surface area (Å²) in [7, 11) is 3.12. The molecule has 1 amide bonds. The number of primary amides is 1. The van der Waals surface area contributed by atoms with Crippen LogP contribution in [0.1, 0.15) is 49.7 Å². The third kappa shape index (κ3) is 6.17. The van der Waals surface area contributed by atoms with Crippen LogP contribution in [0.15, 0.2) is 35.6 Å². The van der Waals surface area contributed by atoms with E-state index in [1.54, 1.807) is 33.2 Å². The summed E-state index contributed by atoms with van der Waals surface area (Å²) >= 11 is 0. The number of hydrogen-bond donors (Lipinski definition) is 5. The predicted molar refractivity (Wildman–Crippen MR) is 131 cm³/mol. The molecule has 2 aliphatic rings. The number of aromatic hydroxyl groups is 1. The summed E-state index contributed by atoms with van der Waals surface area (Å²) in [5, 5.41) is 42.6. The number of esters is 1. The summed E-state index contributed by atoms with van der Waals surface area (Å²) in [6, 6.07) is 3.41. The monoisotopic (exact) mass is 516 g/mol. The maximum atomic E-state index is 12.9. The Hall–Kier alpha value is -3.70. The van der Waals surface area contributed by atoms with Gasteiger partial charge in [-0.15, -0.1) is 0 Å². The number of phenols is 1. The zero-order valence-corrected chi connectivity index (χ0v) is 20.9. The molecule has 1 aromatic carbocycles. The lowest BCUT2D eigenvalue weighted by Crippen LogP contribution is -2.41. The van der Waals surface area contributed by atoms with Gasteiger partial charge < -0.3 is 30.9 Å². The minimum Gasteiger partial charge on any atom is -0.510 e. The van der Waals surface area contributed by atoms with Gasteiger partial charge >= 0.3 is 5.97 Å². The van der Waals surface area contributed by atoms with Crippen LogP contribution in [0.25, 0.3) is 5.76 Å². The molecule has 0 heterocycles. The van der Waals surface area contributed by atoms with E-state index in [1.165, 1.54) is 11.0 Å². The average Bonchev–Trinajstić information content (AvgIpc) is 3.66. The quantitative estimate of drug-likeness (QED) is 0.221. The number of carbonyl (C=O) groups excluding carboxylic acids is 4. The Morgan fingerprint density at radius 1 is 1.08 bits per heavy atom. The highest BCUT2D eigenvalue weighted by molar-refractivity contribution is 6.27. The standard InChI is InChI=1S/C26H32N2O9/c1-12-9-14(37-26(36)13-7-8-13)10-16(28(2)3)22(32)21(25(27)35)24(34)23(33)19(31)11-18(30)20-15(12)5-4-6-17(20)29/h4-6,11-14,16,23,29-30,32-33H,7-10H2,1-3H3,(H2,27,35)/b18-11?,22-21-/t12-,14+,16+,23+/m1/s1. The Morgan fingerprint density at radius 3 is 2.30 bits per heavy atom. The molecule has 0 saturated heterocycles. The highest BCUT2D eigenvalue weighted by Crippen LogP contribution is 2.37. The maximum Gasteiger partial charge on any atom is 0.309 e. The van der Waals surface area contributed by atoms with Crippen LogP contribution in [0.3, 0.4) is 0 Å². The molecule has 0 spiro atoms. The van der Waals surface area contributed by atoms with E-state index in [1.807, 2.05) is 0 Å². The Labute approximate surface area is 213 Å². The van der Waals surface area contributed by atoms with Gasteiger partial charge in [0.15, 0.2) is 11.9 Å². The van der Waals surface area contributed by atoms with Crippen LogP contribution < -0.4 is 5.73 Å². The van der Waals surface area contributed by atoms with Gasteiger partial charge in [0.1, 0.15) is 28.9 Å². The number of nitrogens with two attached hydrogens (primary N) is 1. The lowest BCUT2D eigenvalue weighted by atomic mass is 9.86. The van der Waals surface area contributed by atoms with Crippen LogP contribution >= 0.6 is 0 Å². The molecule has 0 radical (unpaired) electrons. The van der Waals surface area contributed by atoms with E-state index in [0.717, 1.165) is 0 Å². The molecule has 4 atom stereocenters. The van der Waals surface area contributed by atoms with Crippen LogP contribution in [0, 0.1) is 5.92 Å². The van der Waals surface area contributed by atoms with Gasteiger partial charge in [0.25, 0.3) is 5.91 Å². The smallest absolute Gasteiger partial charge is 0.309 e. The highest BCUT2D eigenvalue weighted by atomic mass is 16.5. The molecule has 0 bridgehead atoms. The van der Waals surface area contributed by atoms with Gasteiger partial charge in [0.2, 0.25) is 5.78 Å². The van der Waals surface area contributed by atoms with Crippen molar-refractivity contribution >= 4 is 29.2 Å². The van der Waals surface area contributed by atoms with E-state index in [4.69, 9.17) is 10.5 Å². The van der Waals surface area contributed by atoms with E-state index in [0.29, 0.717) is 24.5 Å². The van der Waals surface area contributed by atoms with Crippen molar-refractivity contribution in [1.82, 2.24) is 4.90 Å². The number of aliphatic hydroxyl groups is 3. The van der Waals surface area contributed by atoms with Crippen LogP contribution in [0.2, 0.25) is 0 Å². The largest absolute Gasteiger partial charge is 0.510 e. The predicted octanol–water partition coefficient (Wildman–Crippen LogP) is 1.24. The van der Waals surface area contributed by atoms with Crippen molar-refractivity contribution in [1.29, 1.82) is 0 Å². The molecular weight excluding hydrogens is 484 g/mol. The molecule has 0 aliphatic heterocycles. The third-order valence-corrected chi connectivity index (χ3v) is 6.64. The van der Waals surface area contributed by atoms with E-state index >= 15 is 0 Å². The Morgan fingerprint density at radius 2 is 1.73 bits per heavy atom. The molecule has 1 saturated carbocycles. The Bertz CT molecular complexity index is 1170. The zero-order chi connectivity index (χ0) is 27.6. The molecule has 3 rings (SSSR count). The van der Waals surface area contributed by atoms with Gasteiger partial charge in [-0.2, -0.15) is 0 Å². The van der Waals surface area contributed by atoms with E-state index < -0.39 is 64.7 Å². The Balaban J connectivity index is 2.21. The minimum atomic E-state index is -2.47. The first-order valence-corrected chi connectivity index (χ1v) is 11.9. The maximum absolute atomic E-state index is 12.9. The van der Waals surface area contributed by atoms with E-state index in [9.17, 15) is 39.6 Å². The van der Waals surface area contributed by atoms with Crippen molar-refractivity contribution in [3.8, 4) is 5.75 Å². The number of rotatable bonds is 4. The second-order valence-electron chi connectivity index (χ2n) is 9.75. The molecule has 2 aliphatic carbocycles. The first-order valence-electron chi connectivity index (χ1n) is 11.9. The van der Waals surface area contributed by atoms with Gasteiger partial charge in [-0.05, 0) is 50.9 Å². The minimum absolute atomic E-state index is 0.0638. The van der Waals surface area contributed by atoms with Gasteiger partial charge in [-0.25, -0.2) is 0 Å². The molecule has 1 fully saturated rings. The van der Waals surface area contributed by atoms with Crippen molar-refractivity contribution in [2.24, 2.45) is 11.7 Å². The number of fused-ring (bicyclic) bond motifs is 1. The van der Waals surface area contributed by atoms with Gasteiger partial charge in [0, 0.05) is 12.5 Å². The number of Topliss-reactive ketones (excluding diaryl/α,β-unsaturated/α-hetero) is 1. The van der Waals surface area contributed by atoms with Gasteiger partial charge in [0.05, 0.1) is 17.5 Å². The van der Waals surface area contributed by atoms with Crippen molar-refractivity contribution < 1.29 is 44.3 Å². The van der Waals surface area contributed by atoms with Gasteiger partial charge in [-0.3, -0.25) is 24.1 Å². The third-order valence-electron chi connectivity index (χ3n) is 6.64. The lowest BCUT2D eigenvalue weighted by Gasteiger charge is -2.31. The normalized spacial score (nSPS) is 27.8. The number of phenolic OH excluding ortho intramolecular Hbond substituents is 1. The highest BCUT2D eigenvalue weighted by Gasteiger charge is 2.38. The second kappa shape index (κ2) is 11.1. The number of benzene rings is 1. The van der Waals surface area contributed by atoms with Crippen molar-refractivity contribution in [3.05, 3.63) is 46.7 Å². The summed E-state index contributed by atoms with van der Waals surface area (Å²) in [5.74, 6) is -7.05. The van der Waals surface area contributed by atoms with Crippen LogP contribution in [0.4, 0.5) is 0 Å². The molecule has 200 valence electrons. The van der Waals surface area contributed by atoms with E-state index in [2.05, 4.69) is 0 Å². The molecule has 0 unspecified atom stereocenters. The van der Waals surface area contributed by atoms with Crippen LogP contribution in [-0.4, -0.2) is 81.1 Å². The Kier molecular flexibility index (Phi) is 8.39. The fourth-order valence-electron chi connectivity index (χ4n) is 4.45. The number of carbonyl (C=O) groups is 4. The van der Waals surface area contributed by atoms with Crippen molar-refractivity contribution in [3.63, 3.8) is 0 Å². The number of aliphatic hydroxyl groups excluding tert-OH is 3. The number of ether oxygens (including phenoxy) is 1. The summed E-state index contributed by atoms with van der Waals surface area (Å²) in [4.78, 5) is 51.8. The van der Waals surface area contributed by atoms with Crippen LogP contribution in [-0.2, 0) is 23.9 Å². The second-order valence-corrected chi connectivity index (χ2v) is 9.75. The number of ketones is 2. The van der Waals surface area contributed by atoms with E-state index in [-0.39, 0.29) is 30.1 Å². The number of nitrogens with zero attached hydrogens (tertiary/aromatic N) is 1. The summed E-state index contributed by atoms with van der Waals surface area (Å²) in [6.45, 7) is 1.77. The zero-order valence-electron chi connectivity index (χ0n) is 20.9. The topological polar surface area (TPSA) is 188 Å². The fourth-order valence-corrected chi connectivity index (χ4v) is 4.45. The number of hydrogen-bond acceptors (Lipinski definition) is 10. The summed E-state index contributed by atoms with van der Waals surface area (Å²) < 4.78 is 5.76. The molecular formula is C26H32N2O9. The first-order chi connectivity index (χ1) is 17.3. The SMILES string of the molecule is C[C@@H]1C[C@H](OC(=O)C2CC2)C[C@H](N(C)C)/C(O)=C(/C(N)=O)C(=O)[C@@H](O)C(=O)C=C(O)c2c(O)cccc21. The molecule has 11 heteroatoms. The number of amides is 1. The lowest BCUT2D eigenvalue weighted by molar-refractivity contribution is -0.152. The fraction of sp³-hybridized carbons (Fsp3) is 0.462.